The van der Waals surface area contributed by atoms with Crippen LogP contribution in [0.3, 0.4) is 0 Å². The van der Waals surface area contributed by atoms with Crippen molar-refractivity contribution in [2.75, 3.05) is 12.4 Å². The average molecular weight is 359 g/mol. The highest BCUT2D eigenvalue weighted by Gasteiger charge is 2.11. The number of nitrogens with one attached hydrogen (secondary N) is 1. The molecule has 0 saturated heterocycles. The predicted molar refractivity (Wildman–Crippen MR) is 76.1 cm³/mol. The summed E-state index contributed by atoms with van der Waals surface area (Å²) >= 11 is 2.14. The Labute approximate surface area is 117 Å². The number of hydrogen-bond acceptors (Lipinski definition) is 4. The molecule has 18 heavy (non-hydrogen) atoms. The predicted octanol–water partition coefficient (Wildman–Crippen LogP) is 2.94. The van der Waals surface area contributed by atoms with Gasteiger partial charge in [0.25, 0.3) is 0 Å². The minimum Gasteiger partial charge on any atom is -0.508 e. The third-order valence-electron chi connectivity index (χ3n) is 2.39. The summed E-state index contributed by atoms with van der Waals surface area (Å²) in [5, 5.41) is 12.4. The molecule has 0 radical (unpaired) electrons. The Morgan fingerprint density at radius 2 is 2.00 bits per heavy atom. The van der Waals surface area contributed by atoms with Crippen molar-refractivity contribution in [3.05, 3.63) is 33.3 Å². The van der Waals surface area contributed by atoms with Gasteiger partial charge in [-0.1, -0.05) is 0 Å². The van der Waals surface area contributed by atoms with Gasteiger partial charge in [0.05, 0.1) is 9.26 Å². The SMILES string of the molecule is CNc1nc(-c2cc(O)cc(F)c2)nc(C)c1I. The Kier molecular flexibility index (Phi) is 3.65. The van der Waals surface area contributed by atoms with E-state index in [-0.39, 0.29) is 5.75 Å². The molecule has 0 bridgehead atoms. The maximum absolute atomic E-state index is 13.2. The molecule has 1 aromatic carbocycles. The summed E-state index contributed by atoms with van der Waals surface area (Å²) in [5.41, 5.74) is 1.25. The Morgan fingerprint density at radius 1 is 1.28 bits per heavy atom. The van der Waals surface area contributed by atoms with E-state index in [1.807, 2.05) is 6.92 Å². The topological polar surface area (TPSA) is 58.0 Å². The van der Waals surface area contributed by atoms with Crippen LogP contribution < -0.4 is 5.32 Å². The highest BCUT2D eigenvalue weighted by Crippen LogP contribution is 2.26. The van der Waals surface area contributed by atoms with Crippen molar-refractivity contribution in [2.45, 2.75) is 6.92 Å². The first-order chi connectivity index (χ1) is 8.51. The number of benzene rings is 1. The molecular formula is C12H11FIN3O. The summed E-state index contributed by atoms with van der Waals surface area (Å²) in [5.74, 6) is 0.403. The van der Waals surface area contributed by atoms with Crippen molar-refractivity contribution in [1.82, 2.24) is 9.97 Å². The molecule has 0 aliphatic carbocycles. The number of aromatic nitrogens is 2. The lowest BCUT2D eigenvalue weighted by Crippen LogP contribution is -2.02. The van der Waals surface area contributed by atoms with Crippen LogP contribution in [0.25, 0.3) is 11.4 Å². The third-order valence-corrected chi connectivity index (χ3v) is 3.69. The van der Waals surface area contributed by atoms with Gasteiger partial charge in [-0.2, -0.15) is 0 Å². The fourth-order valence-electron chi connectivity index (χ4n) is 1.56. The molecule has 2 aromatic rings. The largest absolute Gasteiger partial charge is 0.508 e. The van der Waals surface area contributed by atoms with Gasteiger partial charge in [0.2, 0.25) is 0 Å². The molecule has 0 aliphatic rings. The second-order valence-electron chi connectivity index (χ2n) is 3.74. The van der Waals surface area contributed by atoms with E-state index in [4.69, 9.17) is 0 Å². The molecule has 1 heterocycles. The second kappa shape index (κ2) is 5.05. The minimum atomic E-state index is -0.518. The first kappa shape index (κ1) is 13.0. The van der Waals surface area contributed by atoms with E-state index in [0.717, 1.165) is 15.3 Å². The number of halogens is 2. The van der Waals surface area contributed by atoms with Crippen molar-refractivity contribution in [3.63, 3.8) is 0 Å². The van der Waals surface area contributed by atoms with Crippen LogP contribution in [-0.2, 0) is 0 Å². The number of phenols is 1. The van der Waals surface area contributed by atoms with Crippen LogP contribution in [0.2, 0.25) is 0 Å². The zero-order valence-corrected chi connectivity index (χ0v) is 12.0. The molecule has 1 aromatic heterocycles. The minimum absolute atomic E-state index is 0.143. The zero-order chi connectivity index (χ0) is 13.3. The fourth-order valence-corrected chi connectivity index (χ4v) is 2.07. The van der Waals surface area contributed by atoms with Crippen molar-refractivity contribution >= 4 is 28.4 Å². The first-order valence-corrected chi connectivity index (χ1v) is 6.31. The van der Waals surface area contributed by atoms with Gasteiger partial charge in [0, 0.05) is 18.7 Å². The van der Waals surface area contributed by atoms with E-state index in [1.165, 1.54) is 12.1 Å². The molecule has 2 rings (SSSR count). The molecule has 0 saturated carbocycles. The fraction of sp³-hybridized carbons (Fsp3) is 0.167. The van der Waals surface area contributed by atoms with Crippen LogP contribution in [0.15, 0.2) is 18.2 Å². The number of aryl methyl sites for hydroxylation is 1. The van der Waals surface area contributed by atoms with Crippen molar-refractivity contribution in [3.8, 4) is 17.1 Å². The molecule has 0 spiro atoms. The lowest BCUT2D eigenvalue weighted by molar-refractivity contribution is 0.469. The number of nitrogens with zero attached hydrogens (tertiary/aromatic N) is 2. The lowest BCUT2D eigenvalue weighted by Gasteiger charge is -2.09. The van der Waals surface area contributed by atoms with Crippen LogP contribution in [0.4, 0.5) is 10.2 Å². The van der Waals surface area contributed by atoms with Gasteiger partial charge in [-0.05, 0) is 41.6 Å². The third kappa shape index (κ3) is 2.53. The quantitative estimate of drug-likeness (QED) is 0.810. The highest BCUT2D eigenvalue weighted by molar-refractivity contribution is 14.1. The summed E-state index contributed by atoms with van der Waals surface area (Å²) in [6.45, 7) is 1.85. The van der Waals surface area contributed by atoms with Crippen LogP contribution in [0.5, 0.6) is 5.75 Å². The Balaban J connectivity index is 2.60. The molecule has 94 valence electrons. The molecule has 0 aliphatic heterocycles. The number of rotatable bonds is 2. The zero-order valence-electron chi connectivity index (χ0n) is 9.83. The standard InChI is InChI=1S/C12H11FIN3O/c1-6-10(14)12(15-2)17-11(16-6)7-3-8(13)5-9(18)4-7/h3-5,18H,1-2H3,(H,15,16,17). The first-order valence-electron chi connectivity index (χ1n) is 5.23. The molecule has 4 nitrogen and oxygen atoms in total. The van der Waals surface area contributed by atoms with E-state index in [0.29, 0.717) is 17.2 Å². The summed E-state index contributed by atoms with van der Waals surface area (Å²) in [7, 11) is 1.76. The lowest BCUT2D eigenvalue weighted by atomic mass is 10.2. The van der Waals surface area contributed by atoms with E-state index < -0.39 is 5.82 Å². The second-order valence-corrected chi connectivity index (χ2v) is 4.82. The van der Waals surface area contributed by atoms with Gasteiger partial charge in [-0.25, -0.2) is 14.4 Å². The number of hydrogen-bond donors (Lipinski definition) is 2. The number of phenolic OH excluding ortho intramolecular Hbond substituents is 1. The van der Waals surface area contributed by atoms with Gasteiger partial charge in [0.1, 0.15) is 17.4 Å². The van der Waals surface area contributed by atoms with Gasteiger partial charge in [0.15, 0.2) is 5.82 Å². The van der Waals surface area contributed by atoms with E-state index in [1.54, 1.807) is 7.05 Å². The molecule has 0 amide bonds. The normalized spacial score (nSPS) is 10.4. The van der Waals surface area contributed by atoms with Crippen molar-refractivity contribution < 1.29 is 9.50 Å². The molecule has 2 N–H and O–H groups in total. The molecule has 0 unspecified atom stereocenters. The van der Waals surface area contributed by atoms with Crippen molar-refractivity contribution in [2.24, 2.45) is 0 Å². The Morgan fingerprint density at radius 3 is 2.61 bits per heavy atom. The monoisotopic (exact) mass is 359 g/mol. The van der Waals surface area contributed by atoms with Crippen LogP contribution in [0, 0.1) is 16.3 Å². The summed E-state index contributed by atoms with van der Waals surface area (Å²) in [6.07, 6.45) is 0. The molecular weight excluding hydrogens is 348 g/mol. The summed E-state index contributed by atoms with van der Waals surface area (Å²) in [6, 6.07) is 3.77. The van der Waals surface area contributed by atoms with E-state index >= 15 is 0 Å². The van der Waals surface area contributed by atoms with E-state index in [2.05, 4.69) is 37.9 Å². The van der Waals surface area contributed by atoms with Gasteiger partial charge in [-0.3, -0.25) is 0 Å². The Bertz CT molecular complexity index is 584. The Hall–Kier alpha value is -1.44. The van der Waals surface area contributed by atoms with Crippen molar-refractivity contribution in [1.29, 1.82) is 0 Å². The maximum Gasteiger partial charge on any atom is 0.162 e. The highest BCUT2D eigenvalue weighted by atomic mass is 127. The number of aromatic hydroxyl groups is 1. The number of anilines is 1. The van der Waals surface area contributed by atoms with Gasteiger partial charge in [-0.15, -0.1) is 0 Å². The summed E-state index contributed by atoms with van der Waals surface area (Å²) < 4.78 is 14.2. The summed E-state index contributed by atoms with van der Waals surface area (Å²) in [4.78, 5) is 8.59. The van der Waals surface area contributed by atoms with E-state index in [9.17, 15) is 9.50 Å². The smallest absolute Gasteiger partial charge is 0.162 e. The van der Waals surface area contributed by atoms with Crippen LogP contribution in [0.1, 0.15) is 5.69 Å². The maximum atomic E-state index is 13.2. The van der Waals surface area contributed by atoms with Gasteiger partial charge < -0.3 is 10.4 Å². The molecule has 0 fully saturated rings. The van der Waals surface area contributed by atoms with Gasteiger partial charge >= 0.3 is 0 Å². The molecule has 6 heteroatoms. The molecule has 0 atom stereocenters. The average Bonchev–Trinajstić information content (AvgIpc) is 2.31. The van der Waals surface area contributed by atoms with Crippen LogP contribution in [-0.4, -0.2) is 22.1 Å². The van der Waals surface area contributed by atoms with Crippen LogP contribution >= 0.6 is 22.6 Å².